The van der Waals surface area contributed by atoms with Gasteiger partial charge in [0.15, 0.2) is 11.0 Å². The highest BCUT2D eigenvalue weighted by Crippen LogP contribution is 2.27. The van der Waals surface area contributed by atoms with Crippen LogP contribution in [-0.2, 0) is 16.6 Å². The van der Waals surface area contributed by atoms with Crippen molar-refractivity contribution < 1.29 is 18.7 Å². The first kappa shape index (κ1) is 19.0. The summed E-state index contributed by atoms with van der Waals surface area (Å²) in [6, 6.07) is 1.06. The first-order valence-corrected chi connectivity index (χ1v) is 9.45. The summed E-state index contributed by atoms with van der Waals surface area (Å²) in [7, 11) is 1.86. The van der Waals surface area contributed by atoms with Crippen LogP contribution in [0.15, 0.2) is 33.2 Å². The van der Waals surface area contributed by atoms with E-state index in [2.05, 4.69) is 20.8 Å². The normalized spacial score (nSPS) is 16.9. The number of aryl methyl sites for hydroxylation is 1. The third-order valence-corrected chi connectivity index (χ3v) is 5.19. The van der Waals surface area contributed by atoms with E-state index in [-0.39, 0.29) is 12.6 Å². The van der Waals surface area contributed by atoms with Gasteiger partial charge in [0.2, 0.25) is 0 Å². The zero-order chi connectivity index (χ0) is 19.6. The van der Waals surface area contributed by atoms with Crippen LogP contribution in [-0.4, -0.2) is 45.2 Å². The Kier molecular flexibility index (Phi) is 5.54. The molecule has 1 atom stereocenters. The van der Waals surface area contributed by atoms with Crippen molar-refractivity contribution in [3.63, 3.8) is 0 Å². The summed E-state index contributed by atoms with van der Waals surface area (Å²) >= 11 is 1.37. The van der Waals surface area contributed by atoms with Gasteiger partial charge in [-0.05, 0) is 26.8 Å². The molecule has 2 amide bonds. The average Bonchev–Trinajstić information content (AvgIpc) is 3.18. The average molecular weight is 391 g/mol. The second-order valence-electron chi connectivity index (χ2n) is 5.98. The van der Waals surface area contributed by atoms with E-state index in [1.165, 1.54) is 11.8 Å². The number of rotatable bonds is 6. The molecule has 3 rings (SSSR count). The van der Waals surface area contributed by atoms with E-state index in [4.69, 9.17) is 9.15 Å². The molecule has 1 unspecified atom stereocenters. The molecule has 1 aliphatic rings. The van der Waals surface area contributed by atoms with Gasteiger partial charge >= 0.3 is 12.0 Å². The number of furan rings is 1. The van der Waals surface area contributed by atoms with Crippen LogP contribution in [0.4, 0.5) is 4.79 Å². The van der Waals surface area contributed by atoms with E-state index in [1.807, 2.05) is 24.6 Å². The minimum absolute atomic E-state index is 0.264. The first-order valence-electron chi connectivity index (χ1n) is 8.46. The van der Waals surface area contributed by atoms with Gasteiger partial charge in [-0.15, -0.1) is 10.2 Å². The fourth-order valence-corrected chi connectivity index (χ4v) is 3.70. The number of urea groups is 1. The number of nitrogens with one attached hydrogen (secondary N) is 2. The molecule has 144 valence electrons. The van der Waals surface area contributed by atoms with Gasteiger partial charge in [-0.1, -0.05) is 11.8 Å². The van der Waals surface area contributed by atoms with Crippen molar-refractivity contribution in [3.05, 3.63) is 29.4 Å². The van der Waals surface area contributed by atoms with Crippen molar-refractivity contribution in [1.82, 2.24) is 25.4 Å². The number of carbonyl (C=O) groups excluding carboxylic acids is 2. The number of hydrogen-bond donors (Lipinski definition) is 2. The molecule has 27 heavy (non-hydrogen) atoms. The highest BCUT2D eigenvalue weighted by Gasteiger charge is 2.30. The minimum Gasteiger partial charge on any atom is -0.469 e. The zero-order valence-electron chi connectivity index (χ0n) is 15.5. The summed E-state index contributed by atoms with van der Waals surface area (Å²) < 4.78 is 12.3. The van der Waals surface area contributed by atoms with Crippen LogP contribution < -0.4 is 10.6 Å². The van der Waals surface area contributed by atoms with Crippen molar-refractivity contribution in [2.75, 3.05) is 12.4 Å². The molecule has 0 saturated heterocycles. The molecule has 0 aliphatic carbocycles. The van der Waals surface area contributed by atoms with Gasteiger partial charge in [0.1, 0.15) is 5.76 Å². The Labute approximate surface area is 160 Å². The first-order chi connectivity index (χ1) is 12.9. The molecule has 2 aromatic rings. The van der Waals surface area contributed by atoms with Crippen molar-refractivity contribution in [3.8, 4) is 11.4 Å². The highest BCUT2D eigenvalue weighted by atomic mass is 32.2. The largest absolute Gasteiger partial charge is 0.469 e. The van der Waals surface area contributed by atoms with Crippen LogP contribution in [0.5, 0.6) is 0 Å². The fourth-order valence-electron chi connectivity index (χ4n) is 2.82. The number of ether oxygens (including phenoxy) is 1. The molecule has 3 heterocycles. The summed E-state index contributed by atoms with van der Waals surface area (Å²) in [6.45, 7) is 5.61. The maximum absolute atomic E-state index is 12.3. The number of aromatic nitrogens is 3. The third-order valence-electron chi connectivity index (χ3n) is 4.15. The molecule has 2 N–H and O–H groups in total. The summed E-state index contributed by atoms with van der Waals surface area (Å²) in [4.78, 5) is 24.1. The van der Waals surface area contributed by atoms with Crippen LogP contribution in [0.1, 0.15) is 19.6 Å². The predicted octanol–water partition coefficient (Wildman–Crippen LogP) is 1.99. The van der Waals surface area contributed by atoms with Crippen LogP contribution >= 0.6 is 11.8 Å². The molecule has 0 spiro atoms. The van der Waals surface area contributed by atoms with Gasteiger partial charge in [-0.25, -0.2) is 9.59 Å². The fraction of sp³-hybridized carbons (Fsp3) is 0.412. The maximum Gasteiger partial charge on any atom is 0.337 e. The molecule has 2 aromatic heterocycles. The monoisotopic (exact) mass is 391 g/mol. The van der Waals surface area contributed by atoms with Crippen LogP contribution in [0, 0.1) is 6.92 Å². The van der Waals surface area contributed by atoms with Gasteiger partial charge in [0.25, 0.3) is 0 Å². The van der Waals surface area contributed by atoms with Crippen molar-refractivity contribution in [1.29, 1.82) is 0 Å². The SMILES string of the molecule is CCOC(=O)C1=C(CSc2nnc(-c3ccoc3C)n2C)NC(=O)NC1C. The zero-order valence-corrected chi connectivity index (χ0v) is 16.3. The van der Waals surface area contributed by atoms with Crippen LogP contribution in [0.25, 0.3) is 11.4 Å². The van der Waals surface area contributed by atoms with Gasteiger partial charge < -0.3 is 24.4 Å². The molecule has 0 radical (unpaired) electrons. The predicted molar refractivity (Wildman–Crippen MR) is 99.0 cm³/mol. The molecular weight excluding hydrogens is 370 g/mol. The maximum atomic E-state index is 12.3. The summed E-state index contributed by atoms with van der Waals surface area (Å²) in [5, 5.41) is 14.5. The lowest BCUT2D eigenvalue weighted by Crippen LogP contribution is -2.49. The smallest absolute Gasteiger partial charge is 0.337 e. The lowest BCUT2D eigenvalue weighted by Gasteiger charge is -2.26. The number of thioether (sulfide) groups is 1. The Morgan fingerprint density at radius 2 is 2.22 bits per heavy atom. The van der Waals surface area contributed by atoms with E-state index in [0.29, 0.717) is 28.0 Å². The standard InChI is InChI=1S/C17H21N5O4S/c1-5-25-15(23)13-9(2)18-16(24)19-12(13)8-27-17-21-20-14(22(17)4)11-6-7-26-10(11)3/h6-7,9H,5,8H2,1-4H3,(H2,18,19,24). The van der Waals surface area contributed by atoms with Gasteiger partial charge in [0.05, 0.1) is 30.0 Å². The molecule has 0 aromatic carbocycles. The molecule has 0 fully saturated rings. The van der Waals surface area contributed by atoms with E-state index in [0.717, 1.165) is 11.3 Å². The topological polar surface area (TPSA) is 111 Å². The quantitative estimate of drug-likeness (QED) is 0.572. The number of esters is 1. The van der Waals surface area contributed by atoms with Crippen LogP contribution in [0.3, 0.4) is 0 Å². The van der Waals surface area contributed by atoms with E-state index >= 15 is 0 Å². The lowest BCUT2D eigenvalue weighted by atomic mass is 10.1. The number of nitrogens with zero attached hydrogens (tertiary/aromatic N) is 3. The Bertz CT molecular complexity index is 901. The van der Waals surface area contributed by atoms with Gasteiger partial charge in [0, 0.05) is 18.5 Å². The highest BCUT2D eigenvalue weighted by molar-refractivity contribution is 7.99. The lowest BCUT2D eigenvalue weighted by molar-refractivity contribution is -0.138. The van der Waals surface area contributed by atoms with Crippen LogP contribution in [0.2, 0.25) is 0 Å². The summed E-state index contributed by atoms with van der Waals surface area (Å²) in [6.07, 6.45) is 1.61. The second-order valence-corrected chi connectivity index (χ2v) is 6.92. The summed E-state index contributed by atoms with van der Waals surface area (Å²) in [5.41, 5.74) is 1.79. The van der Waals surface area contributed by atoms with Gasteiger partial charge in [-0.2, -0.15) is 0 Å². The van der Waals surface area contributed by atoms with Crippen molar-refractivity contribution >= 4 is 23.8 Å². The molecule has 1 aliphatic heterocycles. The Morgan fingerprint density at radius 1 is 1.44 bits per heavy atom. The molecule has 0 saturated carbocycles. The van der Waals surface area contributed by atoms with E-state index < -0.39 is 12.0 Å². The molecule has 0 bridgehead atoms. The number of carbonyl (C=O) groups is 2. The summed E-state index contributed by atoms with van der Waals surface area (Å²) in [5.74, 6) is 1.35. The van der Waals surface area contributed by atoms with Gasteiger partial charge in [-0.3, -0.25) is 0 Å². The molecular formula is C17H21N5O4S. The number of amides is 2. The molecule has 10 heteroatoms. The Balaban J connectivity index is 1.83. The van der Waals surface area contributed by atoms with E-state index in [9.17, 15) is 9.59 Å². The minimum atomic E-state index is -0.444. The third kappa shape index (κ3) is 3.85. The van der Waals surface area contributed by atoms with Crippen molar-refractivity contribution in [2.24, 2.45) is 7.05 Å². The number of hydrogen-bond acceptors (Lipinski definition) is 7. The second kappa shape index (κ2) is 7.87. The van der Waals surface area contributed by atoms with E-state index in [1.54, 1.807) is 20.1 Å². The molecule has 9 nitrogen and oxygen atoms in total. The van der Waals surface area contributed by atoms with Crippen molar-refractivity contribution in [2.45, 2.75) is 32.0 Å². The Hall–Kier alpha value is -2.75. The Morgan fingerprint density at radius 3 is 2.89 bits per heavy atom.